The Kier molecular flexibility index (Phi) is 6.77. The summed E-state index contributed by atoms with van der Waals surface area (Å²) in [5, 5.41) is 2.91. The first kappa shape index (κ1) is 24.8. The minimum absolute atomic E-state index is 0.0202. The highest BCUT2D eigenvalue weighted by atomic mass is 16.2. The summed E-state index contributed by atoms with van der Waals surface area (Å²) < 4.78 is 0. The van der Waals surface area contributed by atoms with Crippen LogP contribution < -0.4 is 5.32 Å². The van der Waals surface area contributed by atoms with E-state index in [0.717, 1.165) is 37.8 Å². The Bertz CT molecular complexity index is 1090. The normalized spacial score (nSPS) is 26.5. The van der Waals surface area contributed by atoms with Gasteiger partial charge in [-0.2, -0.15) is 0 Å². The Morgan fingerprint density at radius 2 is 1.81 bits per heavy atom. The van der Waals surface area contributed by atoms with Crippen molar-refractivity contribution in [2.24, 2.45) is 5.92 Å². The number of anilines is 1. The van der Waals surface area contributed by atoms with Crippen LogP contribution >= 0.6 is 0 Å². The van der Waals surface area contributed by atoms with Gasteiger partial charge in [-0.25, -0.2) is 9.78 Å². The molecule has 2 aromatic rings. The monoisotopic (exact) mass is 489 g/mol. The van der Waals surface area contributed by atoms with Gasteiger partial charge in [-0.15, -0.1) is 0 Å². The first-order valence-corrected chi connectivity index (χ1v) is 13.3. The van der Waals surface area contributed by atoms with E-state index in [9.17, 15) is 9.59 Å². The number of nitrogens with one attached hydrogen (secondary N) is 1. The van der Waals surface area contributed by atoms with Crippen molar-refractivity contribution in [3.63, 3.8) is 0 Å². The predicted octanol–water partition coefficient (Wildman–Crippen LogP) is 4.64. The van der Waals surface area contributed by atoms with Gasteiger partial charge >= 0.3 is 6.03 Å². The maximum atomic E-state index is 13.7. The zero-order chi connectivity index (χ0) is 25.3. The van der Waals surface area contributed by atoms with Crippen LogP contribution in [0.2, 0.25) is 0 Å². The summed E-state index contributed by atoms with van der Waals surface area (Å²) in [4.78, 5) is 37.2. The average Bonchev–Trinajstić information content (AvgIpc) is 3.08. The number of pyridine rings is 1. The third kappa shape index (κ3) is 4.49. The van der Waals surface area contributed by atoms with E-state index in [2.05, 4.69) is 64.5 Å². The molecule has 2 saturated carbocycles. The fourth-order valence-corrected chi connectivity index (χ4v) is 6.47. The molecule has 1 aromatic heterocycles. The van der Waals surface area contributed by atoms with E-state index in [0.29, 0.717) is 18.3 Å². The highest BCUT2D eigenvalue weighted by molar-refractivity contribution is 5.94. The summed E-state index contributed by atoms with van der Waals surface area (Å²) >= 11 is 0. The van der Waals surface area contributed by atoms with Crippen molar-refractivity contribution in [2.75, 3.05) is 39.0 Å². The van der Waals surface area contributed by atoms with Crippen LogP contribution in [0.3, 0.4) is 0 Å². The summed E-state index contributed by atoms with van der Waals surface area (Å²) in [6.45, 7) is 3.42. The van der Waals surface area contributed by atoms with E-state index >= 15 is 0 Å². The third-order valence-electron chi connectivity index (χ3n) is 9.00. The Morgan fingerprint density at radius 3 is 2.42 bits per heavy atom. The standard InChI is InChI=1S/C29H39N5O2/c1-22-9-8-18-30-26(22)31-25(35)20-33-21-28(34(27(33)36)19-23-10-7-11-23)14-16-29(17-15-28,32(2)3)24-12-5-4-6-13-24/h4-6,8-9,12-13,18,23H,7,10-11,14-17,19-21H2,1-3H3,(H,30,31,35)/t28-,29-. The fourth-order valence-electron chi connectivity index (χ4n) is 6.47. The number of urea groups is 1. The molecule has 1 saturated heterocycles. The fraction of sp³-hybridized carbons (Fsp3) is 0.552. The second-order valence-electron chi connectivity index (χ2n) is 11.3. The molecule has 0 radical (unpaired) electrons. The van der Waals surface area contributed by atoms with Gasteiger partial charge in [0.1, 0.15) is 12.4 Å². The summed E-state index contributed by atoms with van der Waals surface area (Å²) in [7, 11) is 4.35. The molecule has 36 heavy (non-hydrogen) atoms. The lowest BCUT2D eigenvalue weighted by Gasteiger charge is -2.51. The Labute approximate surface area is 214 Å². The van der Waals surface area contributed by atoms with Gasteiger partial charge in [-0.3, -0.25) is 9.69 Å². The van der Waals surface area contributed by atoms with E-state index in [1.807, 2.05) is 19.1 Å². The molecule has 0 bridgehead atoms. The minimum Gasteiger partial charge on any atom is -0.317 e. The topological polar surface area (TPSA) is 68.8 Å². The highest BCUT2D eigenvalue weighted by Crippen LogP contribution is 2.49. The third-order valence-corrected chi connectivity index (χ3v) is 9.00. The molecular weight excluding hydrogens is 450 g/mol. The van der Waals surface area contributed by atoms with E-state index in [1.54, 1.807) is 11.1 Å². The van der Waals surface area contributed by atoms with Gasteiger partial charge in [0.15, 0.2) is 0 Å². The number of amides is 3. The Balaban J connectivity index is 1.35. The second-order valence-corrected chi connectivity index (χ2v) is 11.3. The van der Waals surface area contributed by atoms with Crippen LogP contribution in [0.1, 0.15) is 56.1 Å². The number of aryl methyl sites for hydroxylation is 1. The molecule has 0 atom stereocenters. The molecule has 7 heteroatoms. The van der Waals surface area contributed by atoms with Crippen molar-refractivity contribution >= 4 is 17.8 Å². The summed E-state index contributed by atoms with van der Waals surface area (Å²) in [6, 6.07) is 14.6. The van der Waals surface area contributed by atoms with Crippen LogP contribution in [0.5, 0.6) is 0 Å². The van der Waals surface area contributed by atoms with Crippen LogP contribution in [-0.2, 0) is 10.3 Å². The number of benzene rings is 1. The average molecular weight is 490 g/mol. The summed E-state index contributed by atoms with van der Waals surface area (Å²) in [6.07, 6.45) is 9.19. The van der Waals surface area contributed by atoms with Crippen molar-refractivity contribution in [3.05, 3.63) is 59.8 Å². The molecule has 1 aliphatic heterocycles. The highest BCUT2D eigenvalue weighted by Gasteiger charge is 2.55. The lowest BCUT2D eigenvalue weighted by atomic mass is 9.68. The van der Waals surface area contributed by atoms with Crippen molar-refractivity contribution < 1.29 is 9.59 Å². The van der Waals surface area contributed by atoms with Crippen molar-refractivity contribution in [1.82, 2.24) is 19.7 Å². The van der Waals surface area contributed by atoms with E-state index in [-0.39, 0.29) is 29.6 Å². The number of aromatic nitrogens is 1. The van der Waals surface area contributed by atoms with Crippen LogP contribution in [0, 0.1) is 12.8 Å². The first-order valence-electron chi connectivity index (χ1n) is 13.3. The molecule has 3 amide bonds. The van der Waals surface area contributed by atoms with Gasteiger partial charge < -0.3 is 15.1 Å². The molecular formula is C29H39N5O2. The van der Waals surface area contributed by atoms with Crippen LogP contribution in [0.25, 0.3) is 0 Å². The summed E-state index contributed by atoms with van der Waals surface area (Å²) in [5.74, 6) is 0.963. The van der Waals surface area contributed by atoms with Gasteiger partial charge in [-0.1, -0.05) is 42.8 Å². The molecule has 1 N–H and O–H groups in total. The SMILES string of the molecule is Cc1cccnc1NC(=O)CN1C[C@]2(CC[C@@](c3ccccc3)(N(C)C)CC2)N(CC2CCC2)C1=O. The minimum atomic E-state index is -0.206. The molecule has 2 heterocycles. The maximum Gasteiger partial charge on any atom is 0.321 e. The predicted molar refractivity (Wildman–Crippen MR) is 142 cm³/mol. The molecule has 3 aliphatic rings. The molecule has 1 aromatic carbocycles. The smallest absolute Gasteiger partial charge is 0.317 e. The number of nitrogens with zero attached hydrogens (tertiary/aromatic N) is 4. The number of hydrogen-bond acceptors (Lipinski definition) is 4. The number of carbonyl (C=O) groups excluding carboxylic acids is 2. The van der Waals surface area contributed by atoms with Crippen molar-refractivity contribution in [2.45, 2.75) is 62.9 Å². The van der Waals surface area contributed by atoms with E-state index in [1.165, 1.54) is 24.8 Å². The zero-order valence-electron chi connectivity index (χ0n) is 21.9. The Morgan fingerprint density at radius 1 is 1.08 bits per heavy atom. The lowest BCUT2D eigenvalue weighted by molar-refractivity contribution is -0.116. The van der Waals surface area contributed by atoms with Gasteiger partial charge in [0, 0.05) is 24.8 Å². The number of hydrogen-bond donors (Lipinski definition) is 1. The molecule has 7 nitrogen and oxygen atoms in total. The second kappa shape index (κ2) is 9.85. The molecule has 3 fully saturated rings. The number of rotatable bonds is 7. The summed E-state index contributed by atoms with van der Waals surface area (Å²) in [5.41, 5.74) is 2.03. The lowest BCUT2D eigenvalue weighted by Crippen LogP contribution is -2.56. The molecule has 0 unspecified atom stereocenters. The number of carbonyl (C=O) groups is 2. The quantitative estimate of drug-likeness (QED) is 0.615. The Hall–Kier alpha value is -2.93. The van der Waals surface area contributed by atoms with Crippen LogP contribution in [0.15, 0.2) is 48.7 Å². The van der Waals surface area contributed by atoms with Gasteiger partial charge in [0.05, 0.1) is 5.54 Å². The van der Waals surface area contributed by atoms with Crippen LogP contribution in [0.4, 0.5) is 10.6 Å². The van der Waals surface area contributed by atoms with Gasteiger partial charge in [0.25, 0.3) is 0 Å². The van der Waals surface area contributed by atoms with E-state index in [4.69, 9.17) is 0 Å². The zero-order valence-corrected chi connectivity index (χ0v) is 21.9. The molecule has 1 spiro atoms. The molecule has 5 rings (SSSR count). The van der Waals surface area contributed by atoms with Crippen molar-refractivity contribution in [3.8, 4) is 0 Å². The van der Waals surface area contributed by atoms with E-state index < -0.39 is 0 Å². The van der Waals surface area contributed by atoms with Crippen LogP contribution in [-0.4, -0.2) is 70.9 Å². The van der Waals surface area contributed by atoms with Crippen molar-refractivity contribution in [1.29, 1.82) is 0 Å². The molecule has 2 aliphatic carbocycles. The molecule has 192 valence electrons. The maximum absolute atomic E-state index is 13.7. The largest absolute Gasteiger partial charge is 0.321 e. The van der Waals surface area contributed by atoms with Gasteiger partial charge in [0.2, 0.25) is 5.91 Å². The first-order chi connectivity index (χ1) is 17.3. The van der Waals surface area contributed by atoms with Gasteiger partial charge in [-0.05, 0) is 82.7 Å².